The molecule has 0 aliphatic carbocycles. The quantitative estimate of drug-likeness (QED) is 0.500. The fraction of sp³-hybridized carbons (Fsp3) is 0.167. The fourth-order valence-corrected chi connectivity index (χ4v) is 3.69. The van der Waals surface area contributed by atoms with Crippen LogP contribution in [0.25, 0.3) is 22.2 Å². The Morgan fingerprint density at radius 2 is 1.71 bits per heavy atom. The first-order valence-corrected chi connectivity index (χ1v) is 9.60. The van der Waals surface area contributed by atoms with Gasteiger partial charge in [0, 0.05) is 29.8 Å². The Bertz CT molecular complexity index is 1070. The standard InChI is InChI=1S/C24H23N3O/c1-2-19(24(28)26-16-17-12-14-25-15-13-17)22-20-10-6-7-11-21(20)27-23(22)18-8-4-3-5-9-18/h3-15,19,27H,2,16H2,1H3,(H,26,28). The van der Waals surface area contributed by atoms with E-state index in [4.69, 9.17) is 0 Å². The van der Waals surface area contributed by atoms with Crippen molar-refractivity contribution in [1.82, 2.24) is 15.3 Å². The van der Waals surface area contributed by atoms with E-state index < -0.39 is 0 Å². The molecule has 28 heavy (non-hydrogen) atoms. The predicted molar refractivity (Wildman–Crippen MR) is 113 cm³/mol. The number of rotatable bonds is 6. The van der Waals surface area contributed by atoms with Crippen molar-refractivity contribution >= 4 is 16.8 Å². The number of benzene rings is 2. The summed E-state index contributed by atoms with van der Waals surface area (Å²) in [7, 11) is 0. The first kappa shape index (κ1) is 18.0. The molecule has 0 saturated heterocycles. The summed E-state index contributed by atoms with van der Waals surface area (Å²) in [6, 6.07) is 22.2. The van der Waals surface area contributed by atoms with E-state index in [1.807, 2.05) is 42.5 Å². The number of nitrogens with zero attached hydrogens (tertiary/aromatic N) is 1. The molecule has 0 bridgehead atoms. The Labute approximate surface area is 164 Å². The summed E-state index contributed by atoms with van der Waals surface area (Å²) < 4.78 is 0. The van der Waals surface area contributed by atoms with E-state index in [9.17, 15) is 4.79 Å². The van der Waals surface area contributed by atoms with E-state index in [0.29, 0.717) is 6.54 Å². The number of hydrogen-bond acceptors (Lipinski definition) is 2. The van der Waals surface area contributed by atoms with Crippen LogP contribution < -0.4 is 5.32 Å². The van der Waals surface area contributed by atoms with E-state index >= 15 is 0 Å². The van der Waals surface area contributed by atoms with E-state index in [1.54, 1.807) is 12.4 Å². The molecule has 4 heteroatoms. The summed E-state index contributed by atoms with van der Waals surface area (Å²) in [6.07, 6.45) is 4.21. The van der Waals surface area contributed by atoms with Crippen molar-refractivity contribution in [3.05, 3.63) is 90.3 Å². The molecule has 1 unspecified atom stereocenters. The lowest BCUT2D eigenvalue weighted by Crippen LogP contribution is -2.29. The number of aromatic nitrogens is 2. The summed E-state index contributed by atoms with van der Waals surface area (Å²) in [4.78, 5) is 20.7. The van der Waals surface area contributed by atoms with Gasteiger partial charge in [-0.05, 0) is 41.3 Å². The SMILES string of the molecule is CCC(C(=O)NCc1ccncc1)c1c(-c2ccccc2)[nH]c2ccccc12. The van der Waals surface area contributed by atoms with Crippen molar-refractivity contribution < 1.29 is 4.79 Å². The highest BCUT2D eigenvalue weighted by atomic mass is 16.1. The Morgan fingerprint density at radius 3 is 2.46 bits per heavy atom. The maximum Gasteiger partial charge on any atom is 0.227 e. The molecule has 2 heterocycles. The zero-order valence-corrected chi connectivity index (χ0v) is 15.9. The third-order valence-corrected chi connectivity index (χ3v) is 5.10. The monoisotopic (exact) mass is 369 g/mol. The number of aromatic amines is 1. The van der Waals surface area contributed by atoms with E-state index in [2.05, 4.69) is 46.5 Å². The number of H-pyrrole nitrogens is 1. The molecule has 0 saturated carbocycles. The van der Waals surface area contributed by atoms with E-state index in [1.165, 1.54) is 0 Å². The minimum atomic E-state index is -0.229. The summed E-state index contributed by atoms with van der Waals surface area (Å²) in [5.41, 5.74) is 5.27. The molecule has 1 atom stereocenters. The Kier molecular flexibility index (Phi) is 5.20. The first-order chi connectivity index (χ1) is 13.8. The number of carbonyl (C=O) groups is 1. The van der Waals surface area contributed by atoms with Gasteiger partial charge in [0.25, 0.3) is 0 Å². The second-order valence-corrected chi connectivity index (χ2v) is 6.86. The molecule has 4 aromatic rings. The van der Waals surface area contributed by atoms with Gasteiger partial charge in [-0.3, -0.25) is 9.78 Å². The van der Waals surface area contributed by atoms with Crippen molar-refractivity contribution in [3.8, 4) is 11.3 Å². The van der Waals surface area contributed by atoms with Crippen LogP contribution in [0.5, 0.6) is 0 Å². The van der Waals surface area contributed by atoms with E-state index in [-0.39, 0.29) is 11.8 Å². The van der Waals surface area contributed by atoms with E-state index in [0.717, 1.165) is 39.7 Å². The van der Waals surface area contributed by atoms with Gasteiger partial charge in [0.1, 0.15) is 0 Å². The first-order valence-electron chi connectivity index (χ1n) is 9.60. The minimum absolute atomic E-state index is 0.0428. The topological polar surface area (TPSA) is 57.8 Å². The van der Waals surface area contributed by atoms with Crippen LogP contribution in [0, 0.1) is 0 Å². The molecule has 0 aliphatic rings. The second kappa shape index (κ2) is 8.09. The van der Waals surface area contributed by atoms with Gasteiger partial charge in [-0.1, -0.05) is 55.5 Å². The van der Waals surface area contributed by atoms with Crippen LogP contribution in [0.3, 0.4) is 0 Å². The van der Waals surface area contributed by atoms with Crippen LogP contribution in [-0.2, 0) is 11.3 Å². The smallest absolute Gasteiger partial charge is 0.227 e. The normalized spacial score (nSPS) is 12.0. The number of nitrogens with one attached hydrogen (secondary N) is 2. The van der Waals surface area contributed by atoms with Gasteiger partial charge in [-0.25, -0.2) is 0 Å². The Morgan fingerprint density at radius 1 is 1.00 bits per heavy atom. The zero-order valence-electron chi connectivity index (χ0n) is 15.9. The highest BCUT2D eigenvalue weighted by molar-refractivity contribution is 5.97. The Hall–Kier alpha value is -3.40. The second-order valence-electron chi connectivity index (χ2n) is 6.86. The van der Waals surface area contributed by atoms with Crippen LogP contribution in [-0.4, -0.2) is 15.9 Å². The molecule has 4 rings (SSSR count). The van der Waals surface area contributed by atoms with Gasteiger partial charge in [-0.2, -0.15) is 0 Å². The largest absolute Gasteiger partial charge is 0.354 e. The molecule has 0 aliphatic heterocycles. The lowest BCUT2D eigenvalue weighted by atomic mass is 9.90. The number of fused-ring (bicyclic) bond motifs is 1. The number of amides is 1. The third-order valence-electron chi connectivity index (χ3n) is 5.10. The van der Waals surface area contributed by atoms with Gasteiger partial charge < -0.3 is 10.3 Å². The molecule has 0 radical (unpaired) electrons. The van der Waals surface area contributed by atoms with Crippen LogP contribution in [0.1, 0.15) is 30.4 Å². The predicted octanol–water partition coefficient (Wildman–Crippen LogP) is 5.04. The van der Waals surface area contributed by atoms with Gasteiger partial charge >= 0.3 is 0 Å². The summed E-state index contributed by atoms with van der Waals surface area (Å²) >= 11 is 0. The summed E-state index contributed by atoms with van der Waals surface area (Å²) in [5.74, 6) is -0.186. The van der Waals surface area contributed by atoms with Gasteiger partial charge in [-0.15, -0.1) is 0 Å². The van der Waals surface area contributed by atoms with Crippen molar-refractivity contribution in [2.45, 2.75) is 25.8 Å². The highest BCUT2D eigenvalue weighted by Gasteiger charge is 2.26. The molecule has 0 fully saturated rings. The van der Waals surface area contributed by atoms with Crippen molar-refractivity contribution in [2.75, 3.05) is 0 Å². The number of pyridine rings is 1. The maximum absolute atomic E-state index is 13.1. The molecule has 4 nitrogen and oxygen atoms in total. The number of carbonyl (C=O) groups excluding carboxylic acids is 1. The van der Waals surface area contributed by atoms with Crippen LogP contribution in [0.15, 0.2) is 79.1 Å². The zero-order chi connectivity index (χ0) is 19.3. The van der Waals surface area contributed by atoms with Gasteiger partial charge in [0.2, 0.25) is 5.91 Å². The fourth-order valence-electron chi connectivity index (χ4n) is 3.69. The Balaban J connectivity index is 1.72. The summed E-state index contributed by atoms with van der Waals surface area (Å²) in [5, 5.41) is 4.20. The average molecular weight is 369 g/mol. The van der Waals surface area contributed by atoms with Crippen LogP contribution in [0.4, 0.5) is 0 Å². The maximum atomic E-state index is 13.1. The average Bonchev–Trinajstić information content (AvgIpc) is 3.14. The summed E-state index contributed by atoms with van der Waals surface area (Å²) in [6.45, 7) is 2.56. The molecule has 0 spiro atoms. The third kappa shape index (κ3) is 3.54. The molecule has 1 amide bonds. The molecule has 140 valence electrons. The van der Waals surface area contributed by atoms with Crippen LogP contribution >= 0.6 is 0 Å². The van der Waals surface area contributed by atoms with Crippen molar-refractivity contribution in [1.29, 1.82) is 0 Å². The van der Waals surface area contributed by atoms with Gasteiger partial charge in [0.15, 0.2) is 0 Å². The lowest BCUT2D eigenvalue weighted by molar-refractivity contribution is -0.122. The number of para-hydroxylation sites is 1. The van der Waals surface area contributed by atoms with Gasteiger partial charge in [0.05, 0.1) is 11.6 Å². The van der Waals surface area contributed by atoms with Crippen molar-refractivity contribution in [2.24, 2.45) is 0 Å². The molecular formula is C24H23N3O. The van der Waals surface area contributed by atoms with Crippen molar-refractivity contribution in [3.63, 3.8) is 0 Å². The molecular weight excluding hydrogens is 346 g/mol. The number of hydrogen-bond donors (Lipinski definition) is 2. The molecule has 2 aromatic carbocycles. The lowest BCUT2D eigenvalue weighted by Gasteiger charge is -2.17. The molecule has 2 aromatic heterocycles. The highest BCUT2D eigenvalue weighted by Crippen LogP contribution is 2.37. The minimum Gasteiger partial charge on any atom is -0.354 e. The molecule has 2 N–H and O–H groups in total. The van der Waals surface area contributed by atoms with Crippen LogP contribution in [0.2, 0.25) is 0 Å².